The van der Waals surface area contributed by atoms with E-state index in [2.05, 4.69) is 18.5 Å². The molecule has 0 aliphatic carbocycles. The Morgan fingerprint density at radius 1 is 1.38 bits per heavy atom. The van der Waals surface area contributed by atoms with Crippen molar-refractivity contribution in [1.29, 1.82) is 0 Å². The highest BCUT2D eigenvalue weighted by molar-refractivity contribution is 7.98. The minimum Gasteiger partial charge on any atom is -0.469 e. The maximum Gasteiger partial charge on any atom is 0.105 e. The molecule has 2 nitrogen and oxygen atoms in total. The fourth-order valence-electron chi connectivity index (χ4n) is 1.70. The van der Waals surface area contributed by atoms with E-state index in [1.165, 1.54) is 25.0 Å². The molecule has 0 fully saturated rings. The lowest BCUT2D eigenvalue weighted by atomic mass is 10.2. The van der Waals surface area contributed by atoms with E-state index in [9.17, 15) is 0 Å². The van der Waals surface area contributed by atoms with Gasteiger partial charge >= 0.3 is 0 Å². The van der Waals surface area contributed by atoms with Crippen molar-refractivity contribution in [1.82, 2.24) is 5.32 Å². The van der Waals surface area contributed by atoms with E-state index in [-0.39, 0.29) is 0 Å². The number of hydrogen-bond donors (Lipinski definition) is 1. The van der Waals surface area contributed by atoms with Gasteiger partial charge in [0.15, 0.2) is 0 Å². The highest BCUT2D eigenvalue weighted by atomic mass is 32.2. The monoisotopic (exact) mass is 241 g/mol. The molecule has 16 heavy (non-hydrogen) atoms. The molecule has 1 aromatic heterocycles. The van der Waals surface area contributed by atoms with E-state index in [0.717, 1.165) is 18.7 Å². The van der Waals surface area contributed by atoms with Crippen molar-refractivity contribution < 1.29 is 4.42 Å². The molecule has 1 N–H and O–H groups in total. The third-order valence-corrected chi connectivity index (χ3v) is 3.30. The van der Waals surface area contributed by atoms with E-state index < -0.39 is 0 Å². The second-order valence-electron chi connectivity index (χ2n) is 4.19. The summed E-state index contributed by atoms with van der Waals surface area (Å²) in [5.74, 6) is 2.37. The van der Waals surface area contributed by atoms with E-state index in [4.69, 9.17) is 4.42 Å². The fourth-order valence-corrected chi connectivity index (χ4v) is 2.19. The highest BCUT2D eigenvalue weighted by Crippen LogP contribution is 2.05. The molecule has 0 bridgehead atoms. The summed E-state index contributed by atoms with van der Waals surface area (Å²) in [6.07, 6.45) is 8.85. The quantitative estimate of drug-likeness (QED) is 0.671. The number of unbranched alkanes of at least 4 members (excludes halogenated alkanes) is 2. The van der Waals surface area contributed by atoms with Gasteiger partial charge in [-0.3, -0.25) is 0 Å². The Kier molecular flexibility index (Phi) is 7.43. The third kappa shape index (κ3) is 6.23. The first-order chi connectivity index (χ1) is 7.83. The van der Waals surface area contributed by atoms with Gasteiger partial charge in [-0.2, -0.15) is 11.8 Å². The lowest BCUT2D eigenvalue weighted by molar-refractivity contribution is 0.452. The normalized spacial score (nSPS) is 12.9. The minimum atomic E-state index is 0.506. The first-order valence-corrected chi connectivity index (χ1v) is 7.47. The van der Waals surface area contributed by atoms with E-state index in [1.54, 1.807) is 6.26 Å². The highest BCUT2D eigenvalue weighted by Gasteiger charge is 2.03. The number of thioether (sulfide) groups is 1. The average molecular weight is 241 g/mol. The summed E-state index contributed by atoms with van der Waals surface area (Å²) < 4.78 is 5.32. The van der Waals surface area contributed by atoms with E-state index in [0.29, 0.717) is 6.04 Å². The second kappa shape index (κ2) is 8.71. The first-order valence-electron chi connectivity index (χ1n) is 6.07. The molecule has 1 unspecified atom stereocenters. The minimum absolute atomic E-state index is 0.506. The van der Waals surface area contributed by atoms with Gasteiger partial charge in [-0.05, 0) is 50.5 Å². The molecule has 0 amide bonds. The second-order valence-corrected chi connectivity index (χ2v) is 5.18. The van der Waals surface area contributed by atoms with Gasteiger partial charge in [0.1, 0.15) is 5.76 Å². The van der Waals surface area contributed by atoms with Gasteiger partial charge in [-0.15, -0.1) is 0 Å². The zero-order valence-electron chi connectivity index (χ0n) is 10.4. The van der Waals surface area contributed by atoms with Crippen molar-refractivity contribution in [2.45, 2.75) is 38.6 Å². The average Bonchev–Trinajstić information content (AvgIpc) is 2.76. The molecule has 1 atom stereocenters. The van der Waals surface area contributed by atoms with Crippen LogP contribution in [-0.4, -0.2) is 24.6 Å². The molecule has 1 heterocycles. The zero-order chi connectivity index (χ0) is 11.6. The Hall–Kier alpha value is -0.410. The van der Waals surface area contributed by atoms with Crippen LogP contribution in [0.2, 0.25) is 0 Å². The van der Waals surface area contributed by atoms with Crippen LogP contribution in [0.5, 0.6) is 0 Å². The largest absolute Gasteiger partial charge is 0.469 e. The zero-order valence-corrected chi connectivity index (χ0v) is 11.2. The lowest BCUT2D eigenvalue weighted by Gasteiger charge is -2.11. The molecule has 0 spiro atoms. The van der Waals surface area contributed by atoms with Gasteiger partial charge in [-0.25, -0.2) is 0 Å². The summed E-state index contributed by atoms with van der Waals surface area (Å²) in [5, 5.41) is 3.53. The maximum absolute atomic E-state index is 5.32. The first kappa shape index (κ1) is 13.7. The van der Waals surface area contributed by atoms with Crippen LogP contribution in [0.1, 0.15) is 31.9 Å². The Bertz CT molecular complexity index is 248. The number of nitrogens with one attached hydrogen (secondary N) is 1. The molecule has 1 rings (SSSR count). The van der Waals surface area contributed by atoms with Crippen LogP contribution >= 0.6 is 11.8 Å². The van der Waals surface area contributed by atoms with Gasteiger partial charge in [0.05, 0.1) is 6.26 Å². The van der Waals surface area contributed by atoms with Crippen LogP contribution in [0.15, 0.2) is 22.8 Å². The van der Waals surface area contributed by atoms with Crippen molar-refractivity contribution >= 4 is 11.8 Å². The molecule has 0 saturated carbocycles. The predicted molar refractivity (Wildman–Crippen MR) is 72.1 cm³/mol. The molecular weight excluding hydrogens is 218 g/mol. The van der Waals surface area contributed by atoms with Crippen molar-refractivity contribution in [3.05, 3.63) is 24.2 Å². The maximum atomic E-state index is 5.32. The summed E-state index contributed by atoms with van der Waals surface area (Å²) in [6.45, 7) is 3.33. The van der Waals surface area contributed by atoms with Crippen LogP contribution in [-0.2, 0) is 6.42 Å². The van der Waals surface area contributed by atoms with E-state index in [1.807, 2.05) is 23.9 Å². The Labute approximate surface area is 103 Å². The van der Waals surface area contributed by atoms with Crippen molar-refractivity contribution in [2.24, 2.45) is 0 Å². The summed E-state index contributed by atoms with van der Waals surface area (Å²) in [6, 6.07) is 4.49. The molecule has 92 valence electrons. The van der Waals surface area contributed by atoms with Crippen molar-refractivity contribution in [3.8, 4) is 0 Å². The number of rotatable bonds is 9. The Morgan fingerprint density at radius 3 is 2.94 bits per heavy atom. The molecular formula is C13H23NOS. The van der Waals surface area contributed by atoms with Crippen molar-refractivity contribution in [2.75, 3.05) is 18.6 Å². The molecule has 0 aliphatic rings. The van der Waals surface area contributed by atoms with Gasteiger partial charge < -0.3 is 9.73 Å². The Balaban J connectivity index is 1.96. The van der Waals surface area contributed by atoms with Crippen LogP contribution in [0.25, 0.3) is 0 Å². The number of furan rings is 1. The SMILES string of the molecule is CSCCCCCNC(C)Cc1ccco1. The fraction of sp³-hybridized carbons (Fsp3) is 0.692. The van der Waals surface area contributed by atoms with Crippen LogP contribution in [0, 0.1) is 0 Å². The standard InChI is InChI=1S/C13H23NOS/c1-12(11-13-7-6-9-15-13)14-8-4-3-5-10-16-2/h6-7,9,12,14H,3-5,8,10-11H2,1-2H3. The Morgan fingerprint density at radius 2 is 2.25 bits per heavy atom. The molecule has 0 saturated heterocycles. The summed E-state index contributed by atoms with van der Waals surface area (Å²) in [5.41, 5.74) is 0. The third-order valence-electron chi connectivity index (χ3n) is 2.61. The molecule has 0 aliphatic heterocycles. The van der Waals surface area contributed by atoms with Gasteiger partial charge in [0.25, 0.3) is 0 Å². The predicted octanol–water partition coefficient (Wildman–Crippen LogP) is 3.33. The molecule has 1 aromatic rings. The summed E-state index contributed by atoms with van der Waals surface area (Å²) in [4.78, 5) is 0. The van der Waals surface area contributed by atoms with Crippen LogP contribution < -0.4 is 5.32 Å². The molecule has 0 aromatic carbocycles. The molecule has 3 heteroatoms. The summed E-state index contributed by atoms with van der Waals surface area (Å²) in [7, 11) is 0. The van der Waals surface area contributed by atoms with Crippen LogP contribution in [0.4, 0.5) is 0 Å². The topological polar surface area (TPSA) is 25.2 Å². The van der Waals surface area contributed by atoms with Gasteiger partial charge in [0.2, 0.25) is 0 Å². The van der Waals surface area contributed by atoms with E-state index >= 15 is 0 Å². The van der Waals surface area contributed by atoms with Gasteiger partial charge in [0, 0.05) is 12.5 Å². The lowest BCUT2D eigenvalue weighted by Crippen LogP contribution is -2.28. The smallest absolute Gasteiger partial charge is 0.105 e. The number of hydrogen-bond acceptors (Lipinski definition) is 3. The van der Waals surface area contributed by atoms with Gasteiger partial charge in [-0.1, -0.05) is 6.42 Å². The van der Waals surface area contributed by atoms with Crippen molar-refractivity contribution in [3.63, 3.8) is 0 Å². The van der Waals surface area contributed by atoms with Crippen LogP contribution in [0.3, 0.4) is 0 Å². The summed E-state index contributed by atoms with van der Waals surface area (Å²) >= 11 is 1.94. The molecule has 0 radical (unpaired) electrons.